The second-order valence-electron chi connectivity index (χ2n) is 8.94. The molecule has 0 spiro atoms. The van der Waals surface area contributed by atoms with Gasteiger partial charge in [-0.1, -0.05) is 41.7 Å². The van der Waals surface area contributed by atoms with Crippen LogP contribution < -0.4 is 19.6 Å². The molecule has 3 heterocycles. The number of methoxy groups -OCH3 is 1. The molecule has 0 aliphatic rings. The maximum atomic E-state index is 13.3. The van der Waals surface area contributed by atoms with Gasteiger partial charge in [-0.3, -0.25) is 9.59 Å². The standard InChI is InChI=1S/C29H23N5O3S.C2H4O2/c1-3-37-22-15-13-19(14-16-22)26-20(18-33(31-26)21-9-5-4-6-10-21)17-25-28(35)34-29(38-25)30-27(32-34)23-11-7-8-12-24(23)36-2;1-2(3)4/h4-18H,3H2,1-2H3;1H3,(H,3,4). The number of para-hydroxylation sites is 2. The van der Waals surface area contributed by atoms with E-state index in [0.29, 0.717) is 27.7 Å². The van der Waals surface area contributed by atoms with Gasteiger partial charge in [0, 0.05) is 24.2 Å². The zero-order chi connectivity index (χ0) is 29.6. The molecule has 0 amide bonds. The fourth-order valence-corrected chi connectivity index (χ4v) is 5.12. The predicted molar refractivity (Wildman–Crippen MR) is 161 cm³/mol. The summed E-state index contributed by atoms with van der Waals surface area (Å²) in [6.45, 7) is 3.63. The summed E-state index contributed by atoms with van der Waals surface area (Å²) < 4.78 is 14.7. The predicted octanol–water partition coefficient (Wildman–Crippen LogP) is 4.72. The van der Waals surface area contributed by atoms with Crippen molar-refractivity contribution in [3.8, 4) is 39.8 Å². The largest absolute Gasteiger partial charge is 0.496 e. The number of carboxylic acid groups (broad SMARTS) is 1. The van der Waals surface area contributed by atoms with Crippen LogP contribution in [0.15, 0.2) is 89.9 Å². The van der Waals surface area contributed by atoms with Gasteiger partial charge in [-0.25, -0.2) is 4.68 Å². The summed E-state index contributed by atoms with van der Waals surface area (Å²) in [5.74, 6) is 1.06. The molecule has 212 valence electrons. The maximum absolute atomic E-state index is 13.3. The summed E-state index contributed by atoms with van der Waals surface area (Å²) in [4.78, 5) is 27.5. The van der Waals surface area contributed by atoms with E-state index in [0.717, 1.165) is 40.7 Å². The average Bonchev–Trinajstić information content (AvgIpc) is 3.69. The fourth-order valence-electron chi connectivity index (χ4n) is 4.22. The quantitative estimate of drug-likeness (QED) is 0.288. The third-order valence-electron chi connectivity index (χ3n) is 6.02. The van der Waals surface area contributed by atoms with Crippen molar-refractivity contribution < 1.29 is 19.4 Å². The average molecular weight is 582 g/mol. The Kier molecular flexibility index (Phi) is 8.39. The van der Waals surface area contributed by atoms with E-state index in [9.17, 15) is 4.79 Å². The number of aromatic nitrogens is 5. The molecule has 6 rings (SSSR count). The Morgan fingerprint density at radius 3 is 2.36 bits per heavy atom. The molecule has 0 saturated carbocycles. The number of hydrogen-bond acceptors (Lipinski definition) is 8. The van der Waals surface area contributed by atoms with Crippen LogP contribution in [0, 0.1) is 0 Å². The van der Waals surface area contributed by atoms with Crippen LogP contribution in [0.5, 0.6) is 11.5 Å². The van der Waals surface area contributed by atoms with Gasteiger partial charge < -0.3 is 14.6 Å². The number of aliphatic carboxylic acids is 1. The number of hydrogen-bond donors (Lipinski definition) is 1. The molecule has 1 N–H and O–H groups in total. The van der Waals surface area contributed by atoms with Crippen molar-refractivity contribution in [1.82, 2.24) is 24.4 Å². The zero-order valence-electron chi connectivity index (χ0n) is 23.1. The third-order valence-corrected chi connectivity index (χ3v) is 6.98. The molecule has 0 fully saturated rings. The SMILES string of the molecule is CC(=O)O.CCOc1ccc(-c2nn(-c3ccccc3)cc2C=c2sc3nc(-c4ccccc4OC)nn3c2=O)cc1. The molecule has 0 aliphatic heterocycles. The minimum Gasteiger partial charge on any atom is -0.496 e. The van der Waals surface area contributed by atoms with Crippen molar-refractivity contribution in [3.05, 3.63) is 106 Å². The summed E-state index contributed by atoms with van der Waals surface area (Å²) in [5, 5.41) is 16.8. The van der Waals surface area contributed by atoms with Gasteiger partial charge in [-0.15, -0.1) is 5.10 Å². The molecule has 0 saturated heterocycles. The summed E-state index contributed by atoms with van der Waals surface area (Å²) in [7, 11) is 1.60. The Balaban J connectivity index is 0.000000830. The van der Waals surface area contributed by atoms with E-state index in [-0.39, 0.29) is 5.56 Å². The highest BCUT2D eigenvalue weighted by atomic mass is 32.1. The summed E-state index contributed by atoms with van der Waals surface area (Å²) in [5.41, 5.74) is 3.90. The number of benzene rings is 3. The lowest BCUT2D eigenvalue weighted by Crippen LogP contribution is -2.23. The molecule has 0 unspecified atom stereocenters. The normalized spacial score (nSPS) is 11.3. The van der Waals surface area contributed by atoms with Gasteiger partial charge >= 0.3 is 0 Å². The van der Waals surface area contributed by atoms with Gasteiger partial charge in [0.15, 0.2) is 5.82 Å². The molecule has 10 nitrogen and oxygen atoms in total. The first-order valence-electron chi connectivity index (χ1n) is 13.0. The molecular formula is C31H27N5O5S. The van der Waals surface area contributed by atoms with Crippen LogP contribution in [-0.4, -0.2) is 49.2 Å². The molecule has 0 bridgehead atoms. The molecular weight excluding hydrogens is 554 g/mol. The lowest BCUT2D eigenvalue weighted by Gasteiger charge is -2.04. The van der Waals surface area contributed by atoms with Crippen molar-refractivity contribution in [2.24, 2.45) is 0 Å². The Labute approximate surface area is 244 Å². The number of nitrogens with zero attached hydrogens (tertiary/aromatic N) is 5. The van der Waals surface area contributed by atoms with Gasteiger partial charge in [0.1, 0.15) is 17.2 Å². The first-order chi connectivity index (χ1) is 20.4. The third kappa shape index (κ3) is 6.06. The van der Waals surface area contributed by atoms with Crippen molar-refractivity contribution >= 4 is 28.3 Å². The summed E-state index contributed by atoms with van der Waals surface area (Å²) in [6.07, 6.45) is 3.78. The molecule has 0 radical (unpaired) electrons. The Morgan fingerprint density at radius 2 is 1.69 bits per heavy atom. The van der Waals surface area contributed by atoms with Gasteiger partial charge in [0.05, 0.1) is 29.5 Å². The summed E-state index contributed by atoms with van der Waals surface area (Å²) >= 11 is 1.29. The molecule has 0 aliphatic carbocycles. The molecule has 11 heteroatoms. The minimum absolute atomic E-state index is 0.233. The first kappa shape index (κ1) is 28.2. The van der Waals surface area contributed by atoms with E-state index < -0.39 is 5.97 Å². The van der Waals surface area contributed by atoms with Crippen LogP contribution in [0.2, 0.25) is 0 Å². The van der Waals surface area contributed by atoms with E-state index in [2.05, 4.69) is 10.1 Å². The first-order valence-corrected chi connectivity index (χ1v) is 13.8. The highest BCUT2D eigenvalue weighted by Gasteiger charge is 2.16. The summed E-state index contributed by atoms with van der Waals surface area (Å²) in [6, 6.07) is 25.1. The van der Waals surface area contributed by atoms with Gasteiger partial charge in [0.25, 0.3) is 11.5 Å². The Morgan fingerprint density at radius 1 is 1.00 bits per heavy atom. The van der Waals surface area contributed by atoms with Crippen molar-refractivity contribution in [2.75, 3.05) is 13.7 Å². The number of thiazole rings is 1. The van der Waals surface area contributed by atoms with Crippen LogP contribution in [0.3, 0.4) is 0 Å². The lowest BCUT2D eigenvalue weighted by molar-refractivity contribution is -0.134. The molecule has 3 aromatic carbocycles. The Hall–Kier alpha value is -5.29. The molecule has 3 aromatic heterocycles. The van der Waals surface area contributed by atoms with Gasteiger partial charge in [-0.2, -0.15) is 14.6 Å². The number of carboxylic acids is 1. The van der Waals surface area contributed by atoms with E-state index in [1.165, 1.54) is 15.9 Å². The van der Waals surface area contributed by atoms with Crippen molar-refractivity contribution in [2.45, 2.75) is 13.8 Å². The minimum atomic E-state index is -0.833. The second-order valence-corrected chi connectivity index (χ2v) is 9.94. The highest BCUT2D eigenvalue weighted by Crippen LogP contribution is 2.28. The van der Waals surface area contributed by atoms with Crippen LogP contribution in [-0.2, 0) is 4.79 Å². The van der Waals surface area contributed by atoms with Crippen molar-refractivity contribution in [3.63, 3.8) is 0 Å². The molecule has 0 atom stereocenters. The van der Waals surface area contributed by atoms with Gasteiger partial charge in [-0.05, 0) is 61.5 Å². The number of fused-ring (bicyclic) bond motifs is 1. The topological polar surface area (TPSA) is 121 Å². The number of rotatable bonds is 7. The van der Waals surface area contributed by atoms with E-state index in [1.54, 1.807) is 7.11 Å². The monoisotopic (exact) mass is 581 g/mol. The number of carbonyl (C=O) groups is 1. The highest BCUT2D eigenvalue weighted by molar-refractivity contribution is 7.15. The number of ether oxygens (including phenoxy) is 2. The van der Waals surface area contributed by atoms with Crippen LogP contribution in [0.25, 0.3) is 39.4 Å². The van der Waals surface area contributed by atoms with Crippen molar-refractivity contribution in [1.29, 1.82) is 0 Å². The maximum Gasteiger partial charge on any atom is 0.300 e. The fraction of sp³-hybridized carbons (Fsp3) is 0.129. The molecule has 6 aromatic rings. The smallest absolute Gasteiger partial charge is 0.300 e. The zero-order valence-corrected chi connectivity index (χ0v) is 23.9. The van der Waals surface area contributed by atoms with E-state index in [4.69, 9.17) is 24.5 Å². The van der Waals surface area contributed by atoms with Crippen LogP contribution in [0.4, 0.5) is 0 Å². The lowest BCUT2D eigenvalue weighted by atomic mass is 10.1. The van der Waals surface area contributed by atoms with Crippen LogP contribution in [0.1, 0.15) is 19.4 Å². The van der Waals surface area contributed by atoms with E-state index >= 15 is 0 Å². The van der Waals surface area contributed by atoms with E-state index in [1.807, 2.05) is 103 Å². The molecule has 42 heavy (non-hydrogen) atoms. The van der Waals surface area contributed by atoms with Crippen LogP contribution >= 0.6 is 11.3 Å². The second kappa shape index (κ2) is 12.5. The van der Waals surface area contributed by atoms with Gasteiger partial charge in [0.2, 0.25) is 4.96 Å². The Bertz CT molecular complexity index is 1940.